The van der Waals surface area contributed by atoms with E-state index in [0.717, 1.165) is 17.7 Å². The van der Waals surface area contributed by atoms with Gasteiger partial charge in [-0.2, -0.15) is 5.10 Å². The Morgan fingerprint density at radius 1 is 1.06 bits per heavy atom. The van der Waals surface area contributed by atoms with E-state index in [1.165, 1.54) is 23.0 Å². The third-order valence-corrected chi connectivity index (χ3v) is 5.59. The number of fused-ring (bicyclic) bond motifs is 4. The minimum atomic E-state index is -4.80. The van der Waals surface area contributed by atoms with Crippen LogP contribution in [0.1, 0.15) is 23.1 Å². The van der Waals surface area contributed by atoms with Crippen LogP contribution in [0.15, 0.2) is 48.7 Å². The van der Waals surface area contributed by atoms with Gasteiger partial charge in [-0.1, -0.05) is 18.2 Å². The van der Waals surface area contributed by atoms with Gasteiger partial charge in [0.1, 0.15) is 17.0 Å². The fraction of sp³-hybridized carbons (Fsp3) is 0.190. The van der Waals surface area contributed by atoms with Gasteiger partial charge in [0.2, 0.25) is 11.8 Å². The Labute approximate surface area is 173 Å². The molecule has 31 heavy (non-hydrogen) atoms. The molecule has 2 aliphatic heterocycles. The van der Waals surface area contributed by atoms with Gasteiger partial charge in [-0.15, -0.1) is 13.2 Å². The lowest BCUT2D eigenvalue weighted by Crippen LogP contribution is -2.43. The van der Waals surface area contributed by atoms with Gasteiger partial charge in [0, 0.05) is 17.7 Å². The molecule has 5 rings (SSSR count). The van der Waals surface area contributed by atoms with E-state index >= 15 is 0 Å². The maximum atomic E-state index is 13.1. The lowest BCUT2D eigenvalue weighted by atomic mass is 9.71. The zero-order valence-electron chi connectivity index (χ0n) is 16.1. The van der Waals surface area contributed by atoms with Crippen molar-refractivity contribution in [1.82, 2.24) is 9.78 Å². The Hall–Kier alpha value is -3.82. The van der Waals surface area contributed by atoms with E-state index in [0.29, 0.717) is 28.3 Å². The molecular formula is C21H15F3N4O3. The van der Waals surface area contributed by atoms with E-state index in [9.17, 15) is 22.8 Å². The molecule has 0 fully saturated rings. The van der Waals surface area contributed by atoms with Gasteiger partial charge in [-0.3, -0.25) is 9.59 Å². The predicted octanol–water partition coefficient (Wildman–Crippen LogP) is 3.66. The van der Waals surface area contributed by atoms with Crippen molar-refractivity contribution in [2.24, 2.45) is 0 Å². The van der Waals surface area contributed by atoms with Crippen molar-refractivity contribution >= 4 is 23.3 Å². The van der Waals surface area contributed by atoms with Gasteiger partial charge < -0.3 is 15.4 Å². The summed E-state index contributed by atoms with van der Waals surface area (Å²) in [4.78, 5) is 25.8. The summed E-state index contributed by atoms with van der Waals surface area (Å²) in [6.07, 6.45) is -3.37. The van der Waals surface area contributed by atoms with Crippen molar-refractivity contribution in [2.75, 3.05) is 10.6 Å². The molecule has 158 valence electrons. The number of carbonyl (C=O) groups is 2. The quantitative estimate of drug-likeness (QED) is 0.653. The second kappa shape index (κ2) is 6.34. The molecule has 2 amide bonds. The number of aromatic nitrogens is 2. The number of aryl methyl sites for hydroxylation is 1. The number of nitrogens with one attached hydrogen (secondary N) is 2. The van der Waals surface area contributed by atoms with Gasteiger partial charge >= 0.3 is 6.36 Å². The first-order valence-corrected chi connectivity index (χ1v) is 9.35. The average Bonchev–Trinajstić information content (AvgIpc) is 3.23. The third-order valence-electron chi connectivity index (χ3n) is 5.59. The van der Waals surface area contributed by atoms with Crippen LogP contribution in [0.2, 0.25) is 0 Å². The highest BCUT2D eigenvalue weighted by molar-refractivity contribution is 6.15. The number of para-hydroxylation sites is 1. The molecule has 1 aromatic heterocycles. The second-order valence-corrected chi connectivity index (χ2v) is 7.44. The normalized spacial score (nSPS) is 19.6. The smallest absolute Gasteiger partial charge is 0.406 e. The van der Waals surface area contributed by atoms with Crippen LogP contribution in [0, 0.1) is 6.92 Å². The third kappa shape index (κ3) is 2.86. The molecule has 0 saturated carbocycles. The molecular weight excluding hydrogens is 413 g/mol. The topological polar surface area (TPSA) is 85.3 Å². The molecule has 0 bridgehead atoms. The molecule has 2 N–H and O–H groups in total. The van der Waals surface area contributed by atoms with Gasteiger partial charge in [0.05, 0.1) is 11.9 Å². The lowest BCUT2D eigenvalue weighted by Gasteiger charge is -2.31. The van der Waals surface area contributed by atoms with E-state index in [1.54, 1.807) is 0 Å². The first kappa shape index (κ1) is 19.2. The Balaban J connectivity index is 1.62. The number of carbonyl (C=O) groups excluding carboxylic acids is 2. The number of benzene rings is 2. The number of nitrogens with zero attached hydrogens (tertiary/aromatic N) is 2. The Morgan fingerprint density at radius 3 is 2.52 bits per heavy atom. The van der Waals surface area contributed by atoms with Crippen molar-refractivity contribution in [1.29, 1.82) is 0 Å². The summed E-state index contributed by atoms with van der Waals surface area (Å²) >= 11 is 0. The van der Waals surface area contributed by atoms with Crippen LogP contribution in [0.25, 0.3) is 5.69 Å². The van der Waals surface area contributed by atoms with E-state index in [-0.39, 0.29) is 24.0 Å². The summed E-state index contributed by atoms with van der Waals surface area (Å²) in [7, 11) is 0. The van der Waals surface area contributed by atoms with Crippen LogP contribution in [0.4, 0.5) is 24.7 Å². The maximum Gasteiger partial charge on any atom is 0.573 e. The monoisotopic (exact) mass is 428 g/mol. The van der Waals surface area contributed by atoms with Gasteiger partial charge in [-0.05, 0) is 42.3 Å². The maximum absolute atomic E-state index is 13.1. The van der Waals surface area contributed by atoms with E-state index in [4.69, 9.17) is 0 Å². The molecule has 0 saturated heterocycles. The SMILES string of the molecule is Cc1cccc2c1NC(=O)[C@]21CC(=O)Nc2c1cnn2-c1ccc(OC(F)(F)F)cc1. The van der Waals surface area contributed by atoms with Crippen molar-refractivity contribution in [3.8, 4) is 11.4 Å². The molecule has 0 unspecified atom stereocenters. The fourth-order valence-electron chi connectivity index (χ4n) is 4.25. The second-order valence-electron chi connectivity index (χ2n) is 7.44. The Morgan fingerprint density at radius 2 is 1.81 bits per heavy atom. The molecule has 2 aromatic carbocycles. The van der Waals surface area contributed by atoms with Crippen LogP contribution in [0.5, 0.6) is 5.75 Å². The summed E-state index contributed by atoms with van der Waals surface area (Å²) in [5, 5.41) is 9.95. The van der Waals surface area contributed by atoms with Crippen LogP contribution in [-0.2, 0) is 15.0 Å². The van der Waals surface area contributed by atoms with Gasteiger partial charge in [0.15, 0.2) is 0 Å². The molecule has 0 aliphatic carbocycles. The summed E-state index contributed by atoms with van der Waals surface area (Å²) in [6.45, 7) is 1.87. The molecule has 3 aromatic rings. The summed E-state index contributed by atoms with van der Waals surface area (Å²) in [5.74, 6) is -0.764. The summed E-state index contributed by atoms with van der Waals surface area (Å²) in [5.41, 5.74) is 1.94. The van der Waals surface area contributed by atoms with Crippen molar-refractivity contribution < 1.29 is 27.5 Å². The molecule has 7 nitrogen and oxygen atoms in total. The molecule has 2 aliphatic rings. The van der Waals surface area contributed by atoms with Gasteiger partial charge in [0.25, 0.3) is 0 Å². The van der Waals surface area contributed by atoms with Gasteiger partial charge in [-0.25, -0.2) is 4.68 Å². The zero-order valence-corrected chi connectivity index (χ0v) is 16.1. The minimum absolute atomic E-state index is 0.0770. The van der Waals surface area contributed by atoms with Crippen LogP contribution < -0.4 is 15.4 Å². The molecule has 10 heteroatoms. The number of amides is 2. The standard InChI is InChI=1S/C21H15F3N4O3/c1-11-3-2-4-14-17(11)27-19(30)20(14)9-16(29)26-18-15(20)10-25-28(18)12-5-7-13(8-6-12)31-21(22,23)24/h2-8,10H,9H2,1H3,(H,26,29)(H,27,30)/t20-/m1/s1. The minimum Gasteiger partial charge on any atom is -0.406 e. The largest absolute Gasteiger partial charge is 0.573 e. The number of hydrogen-bond donors (Lipinski definition) is 2. The lowest BCUT2D eigenvalue weighted by molar-refractivity contribution is -0.274. The zero-order chi connectivity index (χ0) is 22.0. The van der Waals surface area contributed by atoms with E-state index < -0.39 is 11.8 Å². The Bertz CT molecular complexity index is 1230. The average molecular weight is 428 g/mol. The number of anilines is 2. The van der Waals surface area contributed by atoms with Crippen molar-refractivity contribution in [2.45, 2.75) is 25.1 Å². The number of hydrogen-bond acceptors (Lipinski definition) is 4. The molecule has 1 spiro atoms. The number of halogens is 3. The highest BCUT2D eigenvalue weighted by Crippen LogP contribution is 2.50. The van der Waals surface area contributed by atoms with Crippen molar-refractivity contribution in [3.05, 3.63) is 65.4 Å². The Kier molecular flexibility index (Phi) is 3.92. The molecule has 1 atom stereocenters. The van der Waals surface area contributed by atoms with Crippen LogP contribution >= 0.6 is 0 Å². The number of rotatable bonds is 2. The fourth-order valence-corrected chi connectivity index (χ4v) is 4.25. The first-order chi connectivity index (χ1) is 14.7. The first-order valence-electron chi connectivity index (χ1n) is 9.35. The van der Waals surface area contributed by atoms with E-state index in [1.807, 2.05) is 25.1 Å². The van der Waals surface area contributed by atoms with Crippen LogP contribution in [0.3, 0.4) is 0 Å². The summed E-state index contributed by atoms with van der Waals surface area (Å²) in [6, 6.07) is 10.6. The van der Waals surface area contributed by atoms with E-state index in [2.05, 4.69) is 20.5 Å². The highest BCUT2D eigenvalue weighted by Gasteiger charge is 2.54. The molecule has 3 heterocycles. The summed E-state index contributed by atoms with van der Waals surface area (Å²) < 4.78 is 42.5. The predicted molar refractivity (Wildman–Crippen MR) is 104 cm³/mol. The van der Waals surface area contributed by atoms with Crippen molar-refractivity contribution in [3.63, 3.8) is 0 Å². The molecule has 0 radical (unpaired) electrons. The number of alkyl halides is 3. The number of ether oxygens (including phenoxy) is 1. The van der Waals surface area contributed by atoms with Crippen LogP contribution in [-0.4, -0.2) is 28.0 Å². The highest BCUT2D eigenvalue weighted by atomic mass is 19.4.